The summed E-state index contributed by atoms with van der Waals surface area (Å²) in [5, 5.41) is 10.8. The lowest BCUT2D eigenvalue weighted by Crippen LogP contribution is -2.32. The van der Waals surface area contributed by atoms with Gasteiger partial charge in [-0.25, -0.2) is 0 Å². The predicted octanol–water partition coefficient (Wildman–Crippen LogP) is 3.28. The Hall–Kier alpha value is -2.99. The average Bonchev–Trinajstić information content (AvgIpc) is 2.64. The molecule has 0 aliphatic rings. The topological polar surface area (TPSA) is 72.7 Å². The maximum absolute atomic E-state index is 12.5. The summed E-state index contributed by atoms with van der Waals surface area (Å²) in [6.45, 7) is 1.37. The van der Waals surface area contributed by atoms with Crippen molar-refractivity contribution in [2.75, 3.05) is 20.3 Å². The van der Waals surface area contributed by atoms with E-state index in [4.69, 9.17) is 4.74 Å². The SMILES string of the molecule is COCCN(Cc1ccccc1)C(=O)/C=C/c1cccc([N+](=O)[O-])c1. The Kier molecular flexibility index (Phi) is 6.86. The van der Waals surface area contributed by atoms with Crippen molar-refractivity contribution in [2.24, 2.45) is 0 Å². The van der Waals surface area contributed by atoms with Crippen LogP contribution in [0.3, 0.4) is 0 Å². The number of rotatable bonds is 8. The van der Waals surface area contributed by atoms with E-state index in [-0.39, 0.29) is 11.6 Å². The fourth-order valence-electron chi connectivity index (χ4n) is 2.29. The number of non-ortho nitro benzene ring substituents is 1. The molecule has 2 aromatic rings. The molecule has 0 aliphatic heterocycles. The molecule has 6 nitrogen and oxygen atoms in total. The van der Waals surface area contributed by atoms with Crippen LogP contribution in [0.2, 0.25) is 0 Å². The fraction of sp³-hybridized carbons (Fsp3) is 0.211. The van der Waals surface area contributed by atoms with Gasteiger partial charge in [0.25, 0.3) is 5.69 Å². The van der Waals surface area contributed by atoms with Crippen LogP contribution in [0.25, 0.3) is 6.08 Å². The Balaban J connectivity index is 2.10. The number of ether oxygens (including phenoxy) is 1. The third kappa shape index (κ3) is 5.86. The van der Waals surface area contributed by atoms with E-state index in [1.807, 2.05) is 30.3 Å². The van der Waals surface area contributed by atoms with Crippen LogP contribution in [-0.2, 0) is 16.1 Å². The van der Waals surface area contributed by atoms with E-state index in [1.54, 1.807) is 30.2 Å². The molecule has 0 atom stereocenters. The first-order valence-electron chi connectivity index (χ1n) is 7.84. The van der Waals surface area contributed by atoms with E-state index in [9.17, 15) is 14.9 Å². The van der Waals surface area contributed by atoms with Gasteiger partial charge in [-0.1, -0.05) is 42.5 Å². The largest absolute Gasteiger partial charge is 0.383 e. The minimum Gasteiger partial charge on any atom is -0.383 e. The molecule has 130 valence electrons. The van der Waals surface area contributed by atoms with Gasteiger partial charge in [0, 0.05) is 38.4 Å². The van der Waals surface area contributed by atoms with Crippen LogP contribution in [0.1, 0.15) is 11.1 Å². The molecule has 0 aromatic heterocycles. The molecule has 25 heavy (non-hydrogen) atoms. The Labute approximate surface area is 146 Å². The molecular formula is C19H20N2O4. The zero-order chi connectivity index (χ0) is 18.1. The second-order valence-corrected chi connectivity index (χ2v) is 5.42. The van der Waals surface area contributed by atoms with Gasteiger partial charge in [0.2, 0.25) is 5.91 Å². The maximum atomic E-state index is 12.5. The molecule has 0 saturated carbocycles. The summed E-state index contributed by atoms with van der Waals surface area (Å²) in [7, 11) is 1.59. The molecule has 0 N–H and O–H groups in total. The number of nitrogens with zero attached hydrogens (tertiary/aromatic N) is 2. The first kappa shape index (κ1) is 18.4. The van der Waals surface area contributed by atoms with Crippen LogP contribution in [0.15, 0.2) is 60.7 Å². The minimum absolute atomic E-state index is 0.00452. The Bertz CT molecular complexity index is 744. The van der Waals surface area contributed by atoms with Crippen molar-refractivity contribution in [3.8, 4) is 0 Å². The molecule has 0 bridgehead atoms. The van der Waals surface area contributed by atoms with E-state index in [0.29, 0.717) is 25.3 Å². The van der Waals surface area contributed by atoms with Crippen molar-refractivity contribution >= 4 is 17.7 Å². The zero-order valence-corrected chi connectivity index (χ0v) is 14.0. The highest BCUT2D eigenvalue weighted by molar-refractivity contribution is 5.91. The van der Waals surface area contributed by atoms with Crippen molar-refractivity contribution in [3.05, 3.63) is 81.9 Å². The molecule has 0 spiro atoms. The molecule has 2 rings (SSSR count). The number of nitro groups is 1. The lowest BCUT2D eigenvalue weighted by Gasteiger charge is -2.21. The first-order chi connectivity index (χ1) is 12.1. The summed E-state index contributed by atoms with van der Waals surface area (Å²) >= 11 is 0. The lowest BCUT2D eigenvalue weighted by atomic mass is 10.1. The van der Waals surface area contributed by atoms with Crippen molar-refractivity contribution in [1.82, 2.24) is 4.90 Å². The number of nitro benzene ring substituents is 1. The van der Waals surface area contributed by atoms with Crippen LogP contribution in [0.5, 0.6) is 0 Å². The summed E-state index contributed by atoms with van der Waals surface area (Å²) in [5.41, 5.74) is 1.62. The summed E-state index contributed by atoms with van der Waals surface area (Å²) in [4.78, 5) is 24.5. The Morgan fingerprint density at radius 3 is 2.64 bits per heavy atom. The molecule has 0 fully saturated rings. The number of carbonyl (C=O) groups excluding carboxylic acids is 1. The summed E-state index contributed by atoms with van der Waals surface area (Å²) in [5.74, 6) is -0.174. The third-order valence-corrected chi connectivity index (χ3v) is 3.59. The summed E-state index contributed by atoms with van der Waals surface area (Å²) in [6, 6.07) is 15.8. The third-order valence-electron chi connectivity index (χ3n) is 3.59. The van der Waals surface area contributed by atoms with E-state index in [2.05, 4.69) is 0 Å². The van der Waals surface area contributed by atoms with Crippen molar-refractivity contribution in [3.63, 3.8) is 0 Å². The van der Waals surface area contributed by atoms with Gasteiger partial charge in [-0.3, -0.25) is 14.9 Å². The minimum atomic E-state index is -0.459. The van der Waals surface area contributed by atoms with Gasteiger partial charge < -0.3 is 9.64 Å². The van der Waals surface area contributed by atoms with Crippen molar-refractivity contribution in [1.29, 1.82) is 0 Å². The molecule has 0 heterocycles. The van der Waals surface area contributed by atoms with Gasteiger partial charge in [0.15, 0.2) is 0 Å². The van der Waals surface area contributed by atoms with Crippen LogP contribution < -0.4 is 0 Å². The number of amides is 1. The van der Waals surface area contributed by atoms with E-state index >= 15 is 0 Å². The summed E-state index contributed by atoms with van der Waals surface area (Å²) < 4.78 is 5.07. The first-order valence-corrected chi connectivity index (χ1v) is 7.84. The molecular weight excluding hydrogens is 320 g/mol. The van der Waals surface area contributed by atoms with E-state index in [1.165, 1.54) is 18.2 Å². The molecule has 6 heteroatoms. The van der Waals surface area contributed by atoms with Crippen molar-refractivity contribution in [2.45, 2.75) is 6.54 Å². The molecule has 0 radical (unpaired) electrons. The highest BCUT2D eigenvalue weighted by atomic mass is 16.6. The number of methoxy groups -OCH3 is 1. The summed E-state index contributed by atoms with van der Waals surface area (Å²) in [6.07, 6.45) is 3.01. The molecule has 2 aromatic carbocycles. The van der Waals surface area contributed by atoms with Crippen LogP contribution >= 0.6 is 0 Å². The Morgan fingerprint density at radius 1 is 1.20 bits per heavy atom. The smallest absolute Gasteiger partial charge is 0.270 e. The van der Waals surface area contributed by atoms with Gasteiger partial charge in [-0.05, 0) is 17.2 Å². The second-order valence-electron chi connectivity index (χ2n) is 5.42. The predicted molar refractivity (Wildman–Crippen MR) is 95.9 cm³/mol. The number of hydrogen-bond acceptors (Lipinski definition) is 4. The molecule has 0 aliphatic carbocycles. The van der Waals surface area contributed by atoms with Gasteiger partial charge >= 0.3 is 0 Å². The van der Waals surface area contributed by atoms with Gasteiger partial charge in [-0.2, -0.15) is 0 Å². The molecule has 1 amide bonds. The average molecular weight is 340 g/mol. The molecule has 0 saturated heterocycles. The molecule has 0 unspecified atom stereocenters. The van der Waals surface area contributed by atoms with Gasteiger partial charge in [0.05, 0.1) is 11.5 Å². The fourth-order valence-corrected chi connectivity index (χ4v) is 2.29. The monoisotopic (exact) mass is 340 g/mol. The van der Waals surface area contributed by atoms with E-state index < -0.39 is 4.92 Å². The van der Waals surface area contributed by atoms with Crippen LogP contribution in [0.4, 0.5) is 5.69 Å². The Morgan fingerprint density at radius 2 is 1.96 bits per heavy atom. The number of benzene rings is 2. The highest BCUT2D eigenvalue weighted by Gasteiger charge is 2.11. The van der Waals surface area contributed by atoms with Crippen LogP contribution in [0, 0.1) is 10.1 Å². The number of carbonyl (C=O) groups is 1. The number of hydrogen-bond donors (Lipinski definition) is 0. The van der Waals surface area contributed by atoms with Gasteiger partial charge in [0.1, 0.15) is 0 Å². The standard InChI is InChI=1S/C19H20N2O4/c1-25-13-12-20(15-17-6-3-2-4-7-17)19(22)11-10-16-8-5-9-18(14-16)21(23)24/h2-11,14H,12-13,15H2,1H3/b11-10+. The lowest BCUT2D eigenvalue weighted by molar-refractivity contribution is -0.384. The second kappa shape index (κ2) is 9.34. The van der Waals surface area contributed by atoms with E-state index in [0.717, 1.165) is 5.56 Å². The highest BCUT2D eigenvalue weighted by Crippen LogP contribution is 2.14. The van der Waals surface area contributed by atoms with Gasteiger partial charge in [-0.15, -0.1) is 0 Å². The maximum Gasteiger partial charge on any atom is 0.270 e. The normalized spacial score (nSPS) is 10.8. The zero-order valence-electron chi connectivity index (χ0n) is 14.0. The van der Waals surface area contributed by atoms with Crippen LogP contribution in [-0.4, -0.2) is 36.0 Å². The van der Waals surface area contributed by atoms with Crippen molar-refractivity contribution < 1.29 is 14.5 Å². The quantitative estimate of drug-likeness (QED) is 0.420.